The van der Waals surface area contributed by atoms with Crippen LogP contribution in [0.3, 0.4) is 0 Å². The molecule has 0 aliphatic heterocycles. The summed E-state index contributed by atoms with van der Waals surface area (Å²) >= 11 is 0. The first kappa shape index (κ1) is 21.4. The van der Waals surface area contributed by atoms with Crippen molar-refractivity contribution in [2.45, 2.75) is 117 Å². The van der Waals surface area contributed by atoms with E-state index in [4.69, 9.17) is 0 Å². The molecule has 0 unspecified atom stereocenters. The van der Waals surface area contributed by atoms with Gasteiger partial charge in [-0.3, -0.25) is 4.79 Å². The van der Waals surface area contributed by atoms with Crippen molar-refractivity contribution in [1.82, 2.24) is 0 Å². The van der Waals surface area contributed by atoms with Crippen LogP contribution in [-0.4, -0.2) is 5.78 Å². The van der Waals surface area contributed by atoms with Gasteiger partial charge in [0.15, 0.2) is 5.78 Å². The molecule has 1 heteroatoms. The van der Waals surface area contributed by atoms with E-state index in [9.17, 15) is 4.79 Å². The minimum absolute atomic E-state index is 0.331. The lowest BCUT2D eigenvalue weighted by Crippen LogP contribution is -1.92. The monoisotopic (exact) mass is 308 g/mol. The van der Waals surface area contributed by atoms with Crippen molar-refractivity contribution in [3.8, 4) is 0 Å². The number of carbonyl (C=O) groups is 1. The second kappa shape index (κ2) is 18.5. The SMILES string of the molecule is CCCCCCCC/C=C/C(=O)CCCCCCCCCC. The highest BCUT2D eigenvalue weighted by molar-refractivity contribution is 5.89. The molecule has 0 atom stereocenters. The summed E-state index contributed by atoms with van der Waals surface area (Å²) in [5, 5.41) is 0. The second-order valence-electron chi connectivity index (χ2n) is 6.65. The molecule has 0 rings (SSSR count). The molecule has 0 heterocycles. The van der Waals surface area contributed by atoms with Gasteiger partial charge in [-0.05, 0) is 25.3 Å². The summed E-state index contributed by atoms with van der Waals surface area (Å²) in [7, 11) is 0. The van der Waals surface area contributed by atoms with E-state index in [2.05, 4.69) is 19.9 Å². The average molecular weight is 309 g/mol. The maximum absolute atomic E-state index is 11.7. The van der Waals surface area contributed by atoms with Crippen LogP contribution in [0.25, 0.3) is 0 Å². The van der Waals surface area contributed by atoms with Gasteiger partial charge in [-0.25, -0.2) is 0 Å². The van der Waals surface area contributed by atoms with Crippen molar-refractivity contribution >= 4 is 5.78 Å². The first-order chi connectivity index (χ1) is 10.8. The summed E-state index contributed by atoms with van der Waals surface area (Å²) < 4.78 is 0. The molecule has 22 heavy (non-hydrogen) atoms. The molecular formula is C21H40O. The third-order valence-electron chi connectivity index (χ3n) is 4.30. The van der Waals surface area contributed by atoms with Gasteiger partial charge in [-0.2, -0.15) is 0 Å². The number of ketones is 1. The number of carbonyl (C=O) groups excluding carboxylic acids is 1. The fraction of sp³-hybridized carbons (Fsp3) is 0.857. The van der Waals surface area contributed by atoms with Crippen LogP contribution in [0, 0.1) is 0 Å². The Kier molecular flexibility index (Phi) is 18.0. The number of allylic oxidation sites excluding steroid dienone is 2. The summed E-state index contributed by atoms with van der Waals surface area (Å²) in [5.41, 5.74) is 0. The van der Waals surface area contributed by atoms with Gasteiger partial charge in [0.1, 0.15) is 0 Å². The molecule has 0 radical (unpaired) electrons. The predicted molar refractivity (Wildman–Crippen MR) is 99.4 cm³/mol. The summed E-state index contributed by atoms with van der Waals surface area (Å²) in [6, 6.07) is 0. The van der Waals surface area contributed by atoms with E-state index in [0.29, 0.717) is 5.78 Å². The highest BCUT2D eigenvalue weighted by Crippen LogP contribution is 2.10. The standard InChI is InChI=1S/C21H40O/c1-3-5-7-9-11-13-15-17-19-21(22)20-18-16-14-12-10-8-6-4-2/h17,19H,3-16,18,20H2,1-2H3/b19-17+. The van der Waals surface area contributed by atoms with Crippen molar-refractivity contribution in [2.24, 2.45) is 0 Å². The zero-order chi connectivity index (χ0) is 16.3. The molecular weight excluding hydrogens is 268 g/mol. The van der Waals surface area contributed by atoms with Crippen molar-refractivity contribution < 1.29 is 4.79 Å². The minimum Gasteiger partial charge on any atom is -0.295 e. The number of unbranched alkanes of at least 4 members (excludes halogenated alkanes) is 13. The number of hydrogen-bond donors (Lipinski definition) is 0. The molecule has 0 saturated heterocycles. The lowest BCUT2D eigenvalue weighted by atomic mass is 10.1. The van der Waals surface area contributed by atoms with Crippen LogP contribution in [-0.2, 0) is 4.79 Å². The van der Waals surface area contributed by atoms with Crippen molar-refractivity contribution in [3.63, 3.8) is 0 Å². The van der Waals surface area contributed by atoms with Crippen LogP contribution >= 0.6 is 0 Å². The Morgan fingerprint density at radius 3 is 1.64 bits per heavy atom. The summed E-state index contributed by atoms with van der Waals surface area (Å²) in [6.45, 7) is 4.51. The molecule has 0 aliphatic carbocycles. The molecule has 0 saturated carbocycles. The van der Waals surface area contributed by atoms with Gasteiger partial charge in [0.25, 0.3) is 0 Å². The number of rotatable bonds is 17. The zero-order valence-electron chi connectivity index (χ0n) is 15.4. The van der Waals surface area contributed by atoms with Crippen molar-refractivity contribution in [1.29, 1.82) is 0 Å². The molecule has 0 amide bonds. The van der Waals surface area contributed by atoms with Gasteiger partial charge < -0.3 is 0 Å². The quantitative estimate of drug-likeness (QED) is 0.202. The van der Waals surface area contributed by atoms with E-state index >= 15 is 0 Å². The van der Waals surface area contributed by atoms with E-state index in [0.717, 1.165) is 19.3 Å². The van der Waals surface area contributed by atoms with Crippen molar-refractivity contribution in [3.05, 3.63) is 12.2 Å². The molecule has 0 aromatic carbocycles. The van der Waals surface area contributed by atoms with Crippen molar-refractivity contribution in [2.75, 3.05) is 0 Å². The van der Waals surface area contributed by atoms with Gasteiger partial charge >= 0.3 is 0 Å². The maximum atomic E-state index is 11.7. The van der Waals surface area contributed by atoms with Gasteiger partial charge in [0, 0.05) is 6.42 Å². The molecule has 0 spiro atoms. The Morgan fingerprint density at radius 1 is 0.636 bits per heavy atom. The molecule has 130 valence electrons. The zero-order valence-corrected chi connectivity index (χ0v) is 15.4. The molecule has 0 aromatic rings. The van der Waals surface area contributed by atoms with E-state index in [1.165, 1.54) is 83.5 Å². The Labute approximate surface area is 140 Å². The number of hydrogen-bond acceptors (Lipinski definition) is 1. The molecule has 0 bridgehead atoms. The van der Waals surface area contributed by atoms with Crippen LogP contribution in [0.5, 0.6) is 0 Å². The lowest BCUT2D eigenvalue weighted by molar-refractivity contribution is -0.114. The minimum atomic E-state index is 0.331. The lowest BCUT2D eigenvalue weighted by Gasteiger charge is -2.00. The molecule has 1 nitrogen and oxygen atoms in total. The average Bonchev–Trinajstić information content (AvgIpc) is 2.52. The third kappa shape index (κ3) is 17.5. The van der Waals surface area contributed by atoms with Gasteiger partial charge in [0.05, 0.1) is 0 Å². The summed E-state index contributed by atoms with van der Waals surface area (Å²) in [6.07, 6.45) is 24.1. The fourth-order valence-electron chi connectivity index (χ4n) is 2.77. The largest absolute Gasteiger partial charge is 0.295 e. The molecule has 0 fully saturated rings. The Bertz CT molecular complexity index is 255. The van der Waals surface area contributed by atoms with E-state index in [1.807, 2.05) is 6.08 Å². The Morgan fingerprint density at radius 2 is 1.09 bits per heavy atom. The van der Waals surface area contributed by atoms with Gasteiger partial charge in [0.2, 0.25) is 0 Å². The topological polar surface area (TPSA) is 17.1 Å². The molecule has 0 aliphatic rings. The van der Waals surface area contributed by atoms with Crippen LogP contribution in [0.15, 0.2) is 12.2 Å². The van der Waals surface area contributed by atoms with E-state index in [1.54, 1.807) is 0 Å². The van der Waals surface area contributed by atoms with Crippen LogP contribution in [0.4, 0.5) is 0 Å². The Hall–Kier alpha value is -0.590. The smallest absolute Gasteiger partial charge is 0.155 e. The van der Waals surface area contributed by atoms with Crippen LogP contribution in [0.2, 0.25) is 0 Å². The van der Waals surface area contributed by atoms with Gasteiger partial charge in [-0.1, -0.05) is 97.0 Å². The van der Waals surface area contributed by atoms with Gasteiger partial charge in [-0.15, -0.1) is 0 Å². The first-order valence-corrected chi connectivity index (χ1v) is 10.0. The summed E-state index contributed by atoms with van der Waals surface area (Å²) in [5.74, 6) is 0.331. The molecule has 0 N–H and O–H groups in total. The fourth-order valence-corrected chi connectivity index (χ4v) is 2.77. The van der Waals surface area contributed by atoms with Crippen LogP contribution < -0.4 is 0 Å². The maximum Gasteiger partial charge on any atom is 0.155 e. The first-order valence-electron chi connectivity index (χ1n) is 10.0. The highest BCUT2D eigenvalue weighted by Gasteiger charge is 1.97. The summed E-state index contributed by atoms with van der Waals surface area (Å²) in [4.78, 5) is 11.7. The molecule has 0 aromatic heterocycles. The predicted octanol–water partition coefficient (Wildman–Crippen LogP) is 7.39. The van der Waals surface area contributed by atoms with E-state index in [-0.39, 0.29) is 0 Å². The Balaban J connectivity index is 3.26. The van der Waals surface area contributed by atoms with E-state index < -0.39 is 0 Å². The third-order valence-corrected chi connectivity index (χ3v) is 4.30. The van der Waals surface area contributed by atoms with Crippen LogP contribution in [0.1, 0.15) is 117 Å². The second-order valence-corrected chi connectivity index (χ2v) is 6.65. The highest BCUT2D eigenvalue weighted by atomic mass is 16.1. The normalized spacial score (nSPS) is 11.4.